The number of carboxylic acid groups (broad SMARTS) is 1. The Labute approximate surface area is 118 Å². The van der Waals surface area contributed by atoms with Crippen LogP contribution in [0.4, 0.5) is 4.79 Å². The van der Waals surface area contributed by atoms with E-state index in [4.69, 9.17) is 10.2 Å². The number of carbonyl (C=O) groups is 2. The fourth-order valence-corrected chi connectivity index (χ4v) is 1.81. The van der Waals surface area contributed by atoms with Crippen LogP contribution in [0.15, 0.2) is 24.3 Å². The van der Waals surface area contributed by atoms with Crippen molar-refractivity contribution in [3.8, 4) is 0 Å². The monoisotopic (exact) mass is 280 g/mol. The van der Waals surface area contributed by atoms with Crippen LogP contribution in [0, 0.1) is 0 Å². The summed E-state index contributed by atoms with van der Waals surface area (Å²) in [6.45, 7) is 3.02. The average Bonchev–Trinajstić information content (AvgIpc) is 2.44. The molecule has 1 rings (SSSR count). The van der Waals surface area contributed by atoms with Crippen LogP contribution in [-0.2, 0) is 6.42 Å². The van der Waals surface area contributed by atoms with Gasteiger partial charge in [-0.1, -0.05) is 12.1 Å². The molecule has 0 aliphatic heterocycles. The molecule has 0 fully saturated rings. The van der Waals surface area contributed by atoms with Crippen LogP contribution in [0.25, 0.3) is 0 Å². The van der Waals surface area contributed by atoms with Crippen molar-refractivity contribution in [2.75, 3.05) is 26.2 Å². The minimum absolute atomic E-state index is 0.0675. The molecule has 0 atom stereocenters. The third-order valence-electron chi connectivity index (χ3n) is 2.90. The van der Waals surface area contributed by atoms with Gasteiger partial charge in [-0.2, -0.15) is 0 Å². The third kappa shape index (κ3) is 4.89. The molecule has 0 aliphatic rings. The van der Waals surface area contributed by atoms with Gasteiger partial charge in [-0.15, -0.1) is 0 Å². The molecule has 0 heterocycles. The number of amides is 2. The van der Waals surface area contributed by atoms with Gasteiger partial charge in [0.15, 0.2) is 0 Å². The van der Waals surface area contributed by atoms with Gasteiger partial charge < -0.3 is 20.4 Å². The van der Waals surface area contributed by atoms with Crippen LogP contribution in [0.3, 0.4) is 0 Å². The summed E-state index contributed by atoms with van der Waals surface area (Å²) in [6, 6.07) is 6.41. The zero-order chi connectivity index (χ0) is 15.0. The summed E-state index contributed by atoms with van der Waals surface area (Å²) in [5.41, 5.74) is 1.10. The number of likely N-dealkylation sites (N-methyl/N-ethyl adjacent to an activating group) is 1. The second-order valence-corrected chi connectivity index (χ2v) is 4.29. The van der Waals surface area contributed by atoms with E-state index < -0.39 is 5.97 Å². The maximum Gasteiger partial charge on any atom is 0.335 e. The number of aromatic carboxylic acids is 1. The molecule has 0 aromatic heterocycles. The summed E-state index contributed by atoms with van der Waals surface area (Å²) in [6.07, 6.45) is 0.559. The Hall–Kier alpha value is -2.08. The van der Waals surface area contributed by atoms with Gasteiger partial charge >= 0.3 is 12.0 Å². The number of rotatable bonds is 7. The lowest BCUT2D eigenvalue weighted by molar-refractivity contribution is 0.0696. The molecule has 0 aliphatic carbocycles. The fraction of sp³-hybridized carbons (Fsp3) is 0.429. The summed E-state index contributed by atoms with van der Waals surface area (Å²) in [5, 5.41) is 20.5. The van der Waals surface area contributed by atoms with E-state index in [9.17, 15) is 9.59 Å². The molecule has 0 unspecified atom stereocenters. The second kappa shape index (κ2) is 8.16. The zero-order valence-electron chi connectivity index (χ0n) is 11.5. The summed E-state index contributed by atoms with van der Waals surface area (Å²) < 4.78 is 0. The van der Waals surface area contributed by atoms with Crippen molar-refractivity contribution in [3.63, 3.8) is 0 Å². The van der Waals surface area contributed by atoms with Crippen LogP contribution in [0.5, 0.6) is 0 Å². The normalized spacial score (nSPS) is 10.1. The Morgan fingerprint density at radius 1 is 1.35 bits per heavy atom. The summed E-state index contributed by atoms with van der Waals surface area (Å²) in [4.78, 5) is 24.1. The van der Waals surface area contributed by atoms with Crippen molar-refractivity contribution in [3.05, 3.63) is 35.4 Å². The van der Waals surface area contributed by atoms with Crippen molar-refractivity contribution in [1.82, 2.24) is 10.2 Å². The second-order valence-electron chi connectivity index (χ2n) is 4.29. The van der Waals surface area contributed by atoms with Gasteiger partial charge in [0.05, 0.1) is 12.2 Å². The predicted molar refractivity (Wildman–Crippen MR) is 74.8 cm³/mol. The molecule has 20 heavy (non-hydrogen) atoms. The summed E-state index contributed by atoms with van der Waals surface area (Å²) >= 11 is 0. The molecule has 1 aromatic carbocycles. The van der Waals surface area contributed by atoms with E-state index in [2.05, 4.69) is 5.32 Å². The molecule has 0 radical (unpaired) electrons. The Kier molecular flexibility index (Phi) is 6.52. The van der Waals surface area contributed by atoms with E-state index in [0.29, 0.717) is 26.1 Å². The standard InChI is InChI=1S/C14H20N2O4/c1-2-16(8-9-17)14(20)15-7-6-11-4-3-5-12(10-11)13(18)19/h3-5,10,17H,2,6-9H2,1H3,(H,15,20)(H,18,19). The highest BCUT2D eigenvalue weighted by Crippen LogP contribution is 2.05. The van der Waals surface area contributed by atoms with Crippen LogP contribution >= 0.6 is 0 Å². The minimum atomic E-state index is -0.962. The number of hydrogen-bond donors (Lipinski definition) is 3. The fourth-order valence-electron chi connectivity index (χ4n) is 1.81. The number of nitrogens with one attached hydrogen (secondary N) is 1. The van der Waals surface area contributed by atoms with Gasteiger partial charge in [-0.05, 0) is 31.0 Å². The highest BCUT2D eigenvalue weighted by Gasteiger charge is 2.09. The molecular formula is C14H20N2O4. The van der Waals surface area contributed by atoms with Gasteiger partial charge in [-0.25, -0.2) is 9.59 Å². The maximum absolute atomic E-state index is 11.7. The lowest BCUT2D eigenvalue weighted by Crippen LogP contribution is -2.42. The number of carboxylic acids is 1. The highest BCUT2D eigenvalue weighted by molar-refractivity contribution is 5.87. The average molecular weight is 280 g/mol. The number of hydrogen-bond acceptors (Lipinski definition) is 3. The van der Waals surface area contributed by atoms with Gasteiger partial charge in [0, 0.05) is 19.6 Å². The van der Waals surface area contributed by atoms with E-state index in [1.807, 2.05) is 13.0 Å². The molecular weight excluding hydrogens is 260 g/mol. The lowest BCUT2D eigenvalue weighted by atomic mass is 10.1. The molecule has 0 saturated carbocycles. The molecule has 0 bridgehead atoms. The van der Waals surface area contributed by atoms with E-state index >= 15 is 0 Å². The van der Waals surface area contributed by atoms with E-state index in [1.54, 1.807) is 12.1 Å². The zero-order valence-corrected chi connectivity index (χ0v) is 11.5. The quantitative estimate of drug-likeness (QED) is 0.693. The first-order valence-electron chi connectivity index (χ1n) is 6.54. The van der Waals surface area contributed by atoms with Crippen LogP contribution in [0.2, 0.25) is 0 Å². The number of aliphatic hydroxyl groups is 1. The molecule has 1 aromatic rings. The smallest absolute Gasteiger partial charge is 0.335 e. The van der Waals surface area contributed by atoms with Gasteiger partial charge in [0.25, 0.3) is 0 Å². The Morgan fingerprint density at radius 3 is 2.70 bits per heavy atom. The molecule has 110 valence electrons. The third-order valence-corrected chi connectivity index (χ3v) is 2.90. The first-order valence-corrected chi connectivity index (χ1v) is 6.54. The molecule has 3 N–H and O–H groups in total. The Morgan fingerprint density at radius 2 is 2.10 bits per heavy atom. The first-order chi connectivity index (χ1) is 9.58. The van der Waals surface area contributed by atoms with Crippen molar-refractivity contribution in [2.24, 2.45) is 0 Å². The molecule has 0 saturated heterocycles. The Balaban J connectivity index is 2.46. The number of benzene rings is 1. The summed E-state index contributed by atoms with van der Waals surface area (Å²) in [5.74, 6) is -0.962. The van der Waals surface area contributed by atoms with Crippen molar-refractivity contribution in [2.45, 2.75) is 13.3 Å². The SMILES string of the molecule is CCN(CCO)C(=O)NCCc1cccc(C(=O)O)c1. The topological polar surface area (TPSA) is 89.9 Å². The molecule has 6 heteroatoms. The molecule has 0 spiro atoms. The summed E-state index contributed by atoms with van der Waals surface area (Å²) in [7, 11) is 0. The van der Waals surface area contributed by atoms with E-state index in [1.165, 1.54) is 11.0 Å². The molecule has 6 nitrogen and oxygen atoms in total. The van der Waals surface area contributed by atoms with Gasteiger partial charge in [0.2, 0.25) is 0 Å². The van der Waals surface area contributed by atoms with Gasteiger partial charge in [0.1, 0.15) is 0 Å². The van der Waals surface area contributed by atoms with E-state index in [-0.39, 0.29) is 18.2 Å². The largest absolute Gasteiger partial charge is 0.478 e. The van der Waals surface area contributed by atoms with Crippen molar-refractivity contribution < 1.29 is 19.8 Å². The predicted octanol–water partition coefficient (Wildman–Crippen LogP) is 0.951. The van der Waals surface area contributed by atoms with E-state index in [0.717, 1.165) is 5.56 Å². The lowest BCUT2D eigenvalue weighted by Gasteiger charge is -2.20. The van der Waals surface area contributed by atoms with Crippen molar-refractivity contribution >= 4 is 12.0 Å². The van der Waals surface area contributed by atoms with Crippen molar-refractivity contribution in [1.29, 1.82) is 0 Å². The molecule has 2 amide bonds. The highest BCUT2D eigenvalue weighted by atomic mass is 16.4. The maximum atomic E-state index is 11.7. The number of aliphatic hydroxyl groups excluding tert-OH is 1. The van der Waals surface area contributed by atoms with Crippen LogP contribution in [0.1, 0.15) is 22.8 Å². The number of urea groups is 1. The van der Waals surface area contributed by atoms with Crippen LogP contribution < -0.4 is 5.32 Å². The number of carbonyl (C=O) groups excluding carboxylic acids is 1. The van der Waals surface area contributed by atoms with Crippen LogP contribution in [-0.4, -0.2) is 53.4 Å². The first kappa shape index (κ1) is 16.0. The Bertz CT molecular complexity index is 462. The number of nitrogens with zero attached hydrogens (tertiary/aromatic N) is 1. The van der Waals surface area contributed by atoms with Gasteiger partial charge in [-0.3, -0.25) is 0 Å². The minimum Gasteiger partial charge on any atom is -0.478 e.